The molecule has 4 N–H and O–H groups in total. The molecular weight excluding hydrogens is 224 g/mol. The lowest BCUT2D eigenvalue weighted by Crippen LogP contribution is -2.37. The SMILES string of the molecule is C[C@H]([NH])C(=O)NCCOCCNC(=O)[C@H](C)[NH]. The second-order valence-corrected chi connectivity index (χ2v) is 3.64. The fourth-order valence-corrected chi connectivity index (χ4v) is 0.901. The molecule has 0 aliphatic heterocycles. The van der Waals surface area contributed by atoms with Crippen molar-refractivity contribution in [3.8, 4) is 0 Å². The number of ether oxygens (including phenoxy) is 1. The molecule has 2 radical (unpaired) electrons. The van der Waals surface area contributed by atoms with Gasteiger partial charge in [0.05, 0.1) is 25.3 Å². The lowest BCUT2D eigenvalue weighted by Gasteiger charge is -2.09. The second kappa shape index (κ2) is 8.91. The molecule has 0 fully saturated rings. The summed E-state index contributed by atoms with van der Waals surface area (Å²) in [6.07, 6.45) is 0. The monoisotopic (exact) mass is 244 g/mol. The van der Waals surface area contributed by atoms with Crippen molar-refractivity contribution in [1.29, 1.82) is 0 Å². The first kappa shape index (κ1) is 15.8. The van der Waals surface area contributed by atoms with E-state index in [1.165, 1.54) is 13.8 Å². The van der Waals surface area contributed by atoms with Crippen LogP contribution in [0.3, 0.4) is 0 Å². The minimum atomic E-state index is -0.771. The van der Waals surface area contributed by atoms with E-state index in [1.54, 1.807) is 0 Å². The van der Waals surface area contributed by atoms with Crippen LogP contribution in [0.5, 0.6) is 0 Å². The number of amides is 2. The van der Waals surface area contributed by atoms with Crippen molar-refractivity contribution in [1.82, 2.24) is 22.1 Å². The maximum Gasteiger partial charge on any atom is 0.238 e. The topological polar surface area (TPSA) is 115 Å². The van der Waals surface area contributed by atoms with Gasteiger partial charge in [-0.1, -0.05) is 0 Å². The predicted octanol–water partition coefficient (Wildman–Crippen LogP) is -1.42. The predicted molar refractivity (Wildman–Crippen MR) is 62.0 cm³/mol. The van der Waals surface area contributed by atoms with E-state index in [0.29, 0.717) is 26.3 Å². The standard InChI is InChI=1S/C10H20N4O3/c1-7(11)9(15)13-3-5-17-6-4-14-10(16)8(2)12/h7-8,11-12H,3-6H2,1-2H3,(H,13,15)(H,14,16)/t7-,8-/m0/s1. The Balaban J connectivity index is 3.30. The van der Waals surface area contributed by atoms with E-state index in [9.17, 15) is 9.59 Å². The highest BCUT2D eigenvalue weighted by atomic mass is 16.5. The summed E-state index contributed by atoms with van der Waals surface area (Å²) in [6.45, 7) is 4.37. The van der Waals surface area contributed by atoms with Crippen molar-refractivity contribution in [2.75, 3.05) is 26.3 Å². The summed E-state index contributed by atoms with van der Waals surface area (Å²) in [5.74, 6) is -0.658. The molecule has 0 aliphatic carbocycles. The van der Waals surface area contributed by atoms with Crippen LogP contribution in [0.2, 0.25) is 0 Å². The fraction of sp³-hybridized carbons (Fsp3) is 0.800. The van der Waals surface area contributed by atoms with Crippen molar-refractivity contribution in [3.05, 3.63) is 0 Å². The minimum absolute atomic E-state index is 0.329. The number of rotatable bonds is 8. The van der Waals surface area contributed by atoms with Gasteiger partial charge in [-0.2, -0.15) is 0 Å². The van der Waals surface area contributed by atoms with Gasteiger partial charge in [0.15, 0.2) is 0 Å². The molecule has 0 bridgehead atoms. The molecule has 0 aromatic rings. The number of hydrogen-bond donors (Lipinski definition) is 2. The average Bonchev–Trinajstić information content (AvgIpc) is 2.26. The zero-order chi connectivity index (χ0) is 13.3. The van der Waals surface area contributed by atoms with Crippen LogP contribution in [0.4, 0.5) is 0 Å². The zero-order valence-corrected chi connectivity index (χ0v) is 10.2. The van der Waals surface area contributed by atoms with Crippen LogP contribution in [0.1, 0.15) is 13.8 Å². The van der Waals surface area contributed by atoms with Crippen molar-refractivity contribution in [2.45, 2.75) is 25.9 Å². The van der Waals surface area contributed by atoms with Gasteiger partial charge < -0.3 is 15.4 Å². The van der Waals surface area contributed by atoms with E-state index in [4.69, 9.17) is 16.2 Å². The van der Waals surface area contributed by atoms with Crippen LogP contribution in [-0.4, -0.2) is 50.2 Å². The number of hydrogen-bond acceptors (Lipinski definition) is 3. The average molecular weight is 244 g/mol. The number of carbonyl (C=O) groups excluding carboxylic acids is 2. The molecule has 0 saturated heterocycles. The molecule has 7 nitrogen and oxygen atoms in total. The highest BCUT2D eigenvalue weighted by molar-refractivity contribution is 5.81. The maximum atomic E-state index is 11.0. The first-order valence-corrected chi connectivity index (χ1v) is 5.50. The molecule has 2 amide bonds. The van der Waals surface area contributed by atoms with Crippen molar-refractivity contribution >= 4 is 11.8 Å². The van der Waals surface area contributed by atoms with Gasteiger partial charge >= 0.3 is 0 Å². The maximum absolute atomic E-state index is 11.0. The molecule has 0 aromatic heterocycles. The second-order valence-electron chi connectivity index (χ2n) is 3.64. The molecule has 0 saturated carbocycles. The van der Waals surface area contributed by atoms with Crippen LogP contribution < -0.4 is 22.1 Å². The third-order valence-electron chi connectivity index (χ3n) is 1.88. The number of carbonyl (C=O) groups is 2. The molecule has 98 valence electrons. The van der Waals surface area contributed by atoms with E-state index in [2.05, 4.69) is 10.6 Å². The summed E-state index contributed by atoms with van der Waals surface area (Å²) in [7, 11) is 0. The van der Waals surface area contributed by atoms with E-state index in [1.807, 2.05) is 0 Å². The van der Waals surface area contributed by atoms with Crippen molar-refractivity contribution in [3.63, 3.8) is 0 Å². The summed E-state index contributed by atoms with van der Waals surface area (Å²) < 4.78 is 5.14. The lowest BCUT2D eigenvalue weighted by atomic mass is 10.3. The van der Waals surface area contributed by atoms with Crippen molar-refractivity contribution < 1.29 is 14.3 Å². The van der Waals surface area contributed by atoms with Crippen LogP contribution >= 0.6 is 0 Å². The third kappa shape index (κ3) is 8.61. The first-order valence-electron chi connectivity index (χ1n) is 5.50. The quantitative estimate of drug-likeness (QED) is 0.510. The number of nitrogens with one attached hydrogen (secondary N) is 4. The Hall–Kier alpha value is -1.18. The Kier molecular flexibility index (Phi) is 8.29. The Morgan fingerprint density at radius 2 is 1.35 bits per heavy atom. The molecule has 0 aromatic carbocycles. The van der Waals surface area contributed by atoms with Crippen LogP contribution in [0.25, 0.3) is 0 Å². The molecule has 0 rings (SSSR count). The molecule has 0 heterocycles. The van der Waals surface area contributed by atoms with Gasteiger partial charge in [-0.25, -0.2) is 11.5 Å². The molecule has 0 unspecified atom stereocenters. The first-order chi connectivity index (χ1) is 7.95. The molecule has 0 aliphatic rings. The summed E-state index contributed by atoms with van der Waals surface area (Å²) in [5.41, 5.74) is 14.2. The third-order valence-corrected chi connectivity index (χ3v) is 1.88. The van der Waals surface area contributed by atoms with E-state index >= 15 is 0 Å². The van der Waals surface area contributed by atoms with E-state index < -0.39 is 12.1 Å². The summed E-state index contributed by atoms with van der Waals surface area (Å²) >= 11 is 0. The lowest BCUT2D eigenvalue weighted by molar-refractivity contribution is -0.122. The molecular formula is C10H20N4O3. The van der Waals surface area contributed by atoms with E-state index in [0.717, 1.165) is 0 Å². The van der Waals surface area contributed by atoms with Gasteiger partial charge in [0, 0.05) is 13.1 Å². The van der Waals surface area contributed by atoms with Gasteiger partial charge in [-0.3, -0.25) is 9.59 Å². The normalized spacial score (nSPS) is 13.9. The van der Waals surface area contributed by atoms with Crippen molar-refractivity contribution in [2.24, 2.45) is 0 Å². The van der Waals surface area contributed by atoms with Crippen LogP contribution in [-0.2, 0) is 14.3 Å². The highest BCUT2D eigenvalue weighted by Crippen LogP contribution is 1.80. The van der Waals surface area contributed by atoms with Gasteiger partial charge in [-0.05, 0) is 13.8 Å². The Morgan fingerprint density at radius 1 is 1.00 bits per heavy atom. The van der Waals surface area contributed by atoms with Gasteiger partial charge in [0.2, 0.25) is 11.8 Å². The van der Waals surface area contributed by atoms with Gasteiger partial charge in [-0.15, -0.1) is 0 Å². The van der Waals surface area contributed by atoms with Crippen LogP contribution in [0.15, 0.2) is 0 Å². The summed E-state index contributed by atoms with van der Waals surface area (Å²) in [6, 6.07) is -1.54. The Labute approximate surface area is 101 Å². The molecule has 17 heavy (non-hydrogen) atoms. The Bertz CT molecular complexity index is 220. The minimum Gasteiger partial charge on any atom is -0.378 e. The largest absolute Gasteiger partial charge is 0.378 e. The van der Waals surface area contributed by atoms with Gasteiger partial charge in [0.1, 0.15) is 0 Å². The van der Waals surface area contributed by atoms with E-state index in [-0.39, 0.29) is 11.8 Å². The molecule has 2 atom stereocenters. The Morgan fingerprint density at radius 3 is 1.65 bits per heavy atom. The van der Waals surface area contributed by atoms with Crippen LogP contribution in [0, 0.1) is 0 Å². The summed E-state index contributed by atoms with van der Waals surface area (Å²) in [4.78, 5) is 21.9. The summed E-state index contributed by atoms with van der Waals surface area (Å²) in [5, 5.41) is 5.06. The van der Waals surface area contributed by atoms with Gasteiger partial charge in [0.25, 0.3) is 0 Å². The fourth-order valence-electron chi connectivity index (χ4n) is 0.901. The zero-order valence-electron chi connectivity index (χ0n) is 10.2. The molecule has 7 heteroatoms. The smallest absolute Gasteiger partial charge is 0.238 e. The molecule has 0 spiro atoms. The highest BCUT2D eigenvalue weighted by Gasteiger charge is 2.07.